The summed E-state index contributed by atoms with van der Waals surface area (Å²) in [4.78, 5) is 10.7. The molecule has 1 rings (SSSR count). The average molecular weight is 204 g/mol. The highest BCUT2D eigenvalue weighted by atomic mass is 16.5. The predicted octanol–water partition coefficient (Wildman–Crippen LogP) is 2.15. The van der Waals surface area contributed by atoms with E-state index >= 15 is 0 Å². The Hall–Kier alpha value is -1.95. The third-order valence-electron chi connectivity index (χ3n) is 1.75. The maximum Gasteiger partial charge on any atom is 0.335 e. The zero-order valence-corrected chi connectivity index (χ0v) is 8.65. The van der Waals surface area contributed by atoms with Gasteiger partial charge in [-0.15, -0.1) is 6.42 Å². The molecule has 0 saturated carbocycles. The van der Waals surface area contributed by atoms with Crippen LogP contribution in [0.2, 0.25) is 0 Å². The molecule has 1 aromatic carbocycles. The van der Waals surface area contributed by atoms with Crippen LogP contribution in [0.1, 0.15) is 29.8 Å². The molecule has 0 aliphatic heterocycles. The lowest BCUT2D eigenvalue weighted by atomic mass is 10.1. The number of rotatable bonds is 3. The summed E-state index contributed by atoms with van der Waals surface area (Å²) in [6, 6.07) is 4.48. The van der Waals surface area contributed by atoms with Gasteiger partial charge in [0.25, 0.3) is 0 Å². The molecule has 0 radical (unpaired) electrons. The van der Waals surface area contributed by atoms with Crippen molar-refractivity contribution in [2.24, 2.45) is 0 Å². The molecule has 3 heteroatoms. The van der Waals surface area contributed by atoms with Gasteiger partial charge in [0.15, 0.2) is 0 Å². The minimum Gasteiger partial charge on any atom is -0.490 e. The quantitative estimate of drug-likeness (QED) is 0.767. The fraction of sp³-hybridized carbons (Fsp3) is 0.250. The van der Waals surface area contributed by atoms with E-state index in [2.05, 4.69) is 5.92 Å². The Morgan fingerprint density at radius 2 is 2.20 bits per heavy atom. The van der Waals surface area contributed by atoms with Gasteiger partial charge in [-0.1, -0.05) is 5.92 Å². The first kappa shape index (κ1) is 11.1. The summed E-state index contributed by atoms with van der Waals surface area (Å²) in [6.07, 6.45) is 5.23. The van der Waals surface area contributed by atoms with Crippen molar-refractivity contribution in [3.8, 4) is 18.1 Å². The van der Waals surface area contributed by atoms with Gasteiger partial charge >= 0.3 is 5.97 Å². The van der Waals surface area contributed by atoms with Crippen molar-refractivity contribution in [3.05, 3.63) is 29.3 Å². The number of carbonyl (C=O) groups is 1. The second kappa shape index (κ2) is 4.52. The molecule has 78 valence electrons. The Labute approximate surface area is 88.7 Å². The molecule has 15 heavy (non-hydrogen) atoms. The minimum absolute atomic E-state index is 0.0406. The van der Waals surface area contributed by atoms with Crippen LogP contribution in [0.4, 0.5) is 0 Å². The summed E-state index contributed by atoms with van der Waals surface area (Å²) in [6.45, 7) is 3.71. The fourth-order valence-electron chi connectivity index (χ4n) is 1.13. The van der Waals surface area contributed by atoms with Crippen LogP contribution in [-0.4, -0.2) is 17.2 Å². The third-order valence-corrected chi connectivity index (χ3v) is 1.75. The summed E-state index contributed by atoms with van der Waals surface area (Å²) in [5, 5.41) is 8.80. The summed E-state index contributed by atoms with van der Waals surface area (Å²) < 4.78 is 5.42. The lowest BCUT2D eigenvalue weighted by Gasteiger charge is -2.12. The standard InChI is InChI=1S/C12H12O3/c1-4-9-5-6-10(12(13)14)7-11(9)15-8(2)3/h1,5-8H,2-3H3,(H,13,14). The Bertz CT molecular complexity index is 413. The molecule has 0 unspecified atom stereocenters. The van der Waals surface area contributed by atoms with Gasteiger partial charge in [0, 0.05) is 0 Å². The zero-order valence-electron chi connectivity index (χ0n) is 8.65. The number of hydrogen-bond donors (Lipinski definition) is 1. The van der Waals surface area contributed by atoms with Crippen LogP contribution in [0.3, 0.4) is 0 Å². The predicted molar refractivity (Wildman–Crippen MR) is 57.1 cm³/mol. The summed E-state index contributed by atoms with van der Waals surface area (Å²) in [5.41, 5.74) is 0.735. The molecule has 0 fully saturated rings. The molecule has 3 nitrogen and oxygen atoms in total. The highest BCUT2D eigenvalue weighted by Crippen LogP contribution is 2.21. The molecule has 1 aromatic rings. The van der Waals surface area contributed by atoms with Crippen molar-refractivity contribution in [3.63, 3.8) is 0 Å². The lowest BCUT2D eigenvalue weighted by Crippen LogP contribution is -2.08. The monoisotopic (exact) mass is 204 g/mol. The Balaban J connectivity index is 3.14. The molecule has 0 aliphatic rings. The molecular formula is C12H12O3. The second-order valence-electron chi connectivity index (χ2n) is 3.33. The van der Waals surface area contributed by atoms with Crippen molar-refractivity contribution < 1.29 is 14.6 Å². The van der Waals surface area contributed by atoms with Gasteiger partial charge in [-0.3, -0.25) is 0 Å². The Morgan fingerprint density at radius 1 is 1.53 bits per heavy atom. The molecule has 0 aliphatic carbocycles. The molecule has 0 amide bonds. The van der Waals surface area contributed by atoms with Gasteiger partial charge < -0.3 is 9.84 Å². The zero-order chi connectivity index (χ0) is 11.4. The highest BCUT2D eigenvalue weighted by Gasteiger charge is 2.09. The largest absolute Gasteiger partial charge is 0.490 e. The summed E-state index contributed by atoms with van der Waals surface area (Å²) in [7, 11) is 0. The van der Waals surface area contributed by atoms with Gasteiger partial charge in [0.05, 0.1) is 17.2 Å². The van der Waals surface area contributed by atoms with Crippen molar-refractivity contribution in [2.75, 3.05) is 0 Å². The van der Waals surface area contributed by atoms with Gasteiger partial charge in [0.1, 0.15) is 5.75 Å². The van der Waals surface area contributed by atoms with E-state index in [9.17, 15) is 4.79 Å². The molecule has 0 bridgehead atoms. The van der Waals surface area contributed by atoms with Crippen LogP contribution in [0.5, 0.6) is 5.75 Å². The van der Waals surface area contributed by atoms with E-state index in [0.29, 0.717) is 11.3 Å². The number of carboxylic acids is 1. The van der Waals surface area contributed by atoms with Gasteiger partial charge in [-0.05, 0) is 32.0 Å². The van der Waals surface area contributed by atoms with Crippen molar-refractivity contribution in [1.29, 1.82) is 0 Å². The highest BCUT2D eigenvalue weighted by molar-refractivity contribution is 5.88. The number of ether oxygens (including phenoxy) is 1. The van der Waals surface area contributed by atoms with Crippen LogP contribution >= 0.6 is 0 Å². The van der Waals surface area contributed by atoms with Crippen molar-refractivity contribution in [1.82, 2.24) is 0 Å². The summed E-state index contributed by atoms with van der Waals surface area (Å²) >= 11 is 0. The van der Waals surface area contributed by atoms with E-state index in [1.807, 2.05) is 13.8 Å². The molecule has 0 aromatic heterocycles. The minimum atomic E-state index is -0.993. The SMILES string of the molecule is C#Cc1ccc(C(=O)O)cc1OC(C)C. The number of hydrogen-bond acceptors (Lipinski definition) is 2. The van der Waals surface area contributed by atoms with Crippen molar-refractivity contribution >= 4 is 5.97 Å². The van der Waals surface area contributed by atoms with Crippen molar-refractivity contribution in [2.45, 2.75) is 20.0 Å². The van der Waals surface area contributed by atoms with Gasteiger partial charge in [0.2, 0.25) is 0 Å². The number of terminal acetylenes is 1. The first-order valence-corrected chi connectivity index (χ1v) is 4.55. The van der Waals surface area contributed by atoms with Crippen LogP contribution in [0.25, 0.3) is 0 Å². The molecule has 0 spiro atoms. The van der Waals surface area contributed by atoms with E-state index in [1.165, 1.54) is 12.1 Å². The second-order valence-corrected chi connectivity index (χ2v) is 3.33. The molecule has 0 saturated heterocycles. The number of benzene rings is 1. The van der Waals surface area contributed by atoms with Crippen LogP contribution in [-0.2, 0) is 0 Å². The van der Waals surface area contributed by atoms with Gasteiger partial charge in [-0.25, -0.2) is 4.79 Å². The first-order valence-electron chi connectivity index (χ1n) is 4.55. The maximum absolute atomic E-state index is 10.7. The van der Waals surface area contributed by atoms with Crippen LogP contribution < -0.4 is 4.74 Å². The maximum atomic E-state index is 10.7. The smallest absolute Gasteiger partial charge is 0.335 e. The van der Waals surface area contributed by atoms with E-state index in [4.69, 9.17) is 16.3 Å². The third kappa shape index (κ3) is 2.75. The Kier molecular flexibility index (Phi) is 3.35. The van der Waals surface area contributed by atoms with E-state index < -0.39 is 5.97 Å². The topological polar surface area (TPSA) is 46.5 Å². The molecule has 1 N–H and O–H groups in total. The number of aromatic carboxylic acids is 1. The number of carboxylic acid groups (broad SMARTS) is 1. The molecular weight excluding hydrogens is 192 g/mol. The van der Waals surface area contributed by atoms with E-state index in [1.54, 1.807) is 6.07 Å². The fourth-order valence-corrected chi connectivity index (χ4v) is 1.13. The van der Waals surface area contributed by atoms with E-state index in [0.717, 1.165) is 0 Å². The first-order chi connectivity index (χ1) is 7.04. The summed E-state index contributed by atoms with van der Waals surface area (Å²) in [5.74, 6) is 1.89. The van der Waals surface area contributed by atoms with Crippen LogP contribution in [0.15, 0.2) is 18.2 Å². The van der Waals surface area contributed by atoms with E-state index in [-0.39, 0.29) is 11.7 Å². The Morgan fingerprint density at radius 3 is 2.67 bits per heavy atom. The van der Waals surface area contributed by atoms with Crippen LogP contribution in [0, 0.1) is 12.3 Å². The van der Waals surface area contributed by atoms with Gasteiger partial charge in [-0.2, -0.15) is 0 Å². The lowest BCUT2D eigenvalue weighted by molar-refractivity contribution is 0.0696. The normalized spacial score (nSPS) is 9.73. The average Bonchev–Trinajstić information content (AvgIpc) is 2.16. The molecule has 0 atom stereocenters. The molecule has 0 heterocycles.